The second-order valence-electron chi connectivity index (χ2n) is 6.03. The minimum absolute atomic E-state index is 0.316. The predicted octanol–water partition coefficient (Wildman–Crippen LogP) is 4.40. The van der Waals surface area contributed by atoms with E-state index < -0.39 is 0 Å². The Kier molecular flexibility index (Phi) is 4.81. The smallest absolute Gasteiger partial charge is 0.224 e. The zero-order chi connectivity index (χ0) is 14.7. The van der Waals surface area contributed by atoms with Crippen molar-refractivity contribution >= 4 is 28.3 Å². The molecule has 0 bridgehead atoms. The Hall–Kier alpha value is -1.35. The largest absolute Gasteiger partial charge is 0.355 e. The molecule has 0 saturated heterocycles. The number of fused-ring (bicyclic) bond motifs is 1. The van der Waals surface area contributed by atoms with Crippen LogP contribution in [0.15, 0.2) is 24.3 Å². The van der Waals surface area contributed by atoms with E-state index in [2.05, 4.69) is 48.6 Å². The number of hydrogen-bond donors (Lipinski definition) is 0. The van der Waals surface area contributed by atoms with Crippen molar-refractivity contribution in [1.29, 1.82) is 0 Å². The van der Waals surface area contributed by atoms with Gasteiger partial charge < -0.3 is 4.90 Å². The van der Waals surface area contributed by atoms with Crippen LogP contribution in [0.25, 0.3) is 10.9 Å². The van der Waals surface area contributed by atoms with E-state index in [0.717, 1.165) is 29.8 Å². The van der Waals surface area contributed by atoms with Crippen LogP contribution in [0.2, 0.25) is 5.28 Å². The fourth-order valence-electron chi connectivity index (χ4n) is 2.40. The van der Waals surface area contributed by atoms with Crippen molar-refractivity contribution in [3.8, 4) is 0 Å². The molecule has 1 aromatic heterocycles. The molecule has 0 atom stereocenters. The number of nitrogens with zero attached hydrogens (tertiary/aromatic N) is 3. The summed E-state index contributed by atoms with van der Waals surface area (Å²) in [6.07, 6.45) is 0. The number of halogens is 1. The van der Waals surface area contributed by atoms with E-state index >= 15 is 0 Å². The van der Waals surface area contributed by atoms with Gasteiger partial charge in [-0.2, -0.15) is 4.98 Å². The molecule has 1 aromatic carbocycles. The first-order valence-corrected chi connectivity index (χ1v) is 7.52. The third kappa shape index (κ3) is 3.60. The number of anilines is 1. The first-order chi connectivity index (χ1) is 9.47. The van der Waals surface area contributed by atoms with Gasteiger partial charge in [-0.25, -0.2) is 4.98 Å². The molecule has 1 heterocycles. The van der Waals surface area contributed by atoms with Crippen LogP contribution in [0.4, 0.5) is 5.82 Å². The van der Waals surface area contributed by atoms with Crippen molar-refractivity contribution in [3.05, 3.63) is 29.5 Å². The van der Waals surface area contributed by atoms with Crippen LogP contribution in [0.5, 0.6) is 0 Å². The van der Waals surface area contributed by atoms with Gasteiger partial charge in [-0.3, -0.25) is 0 Å². The fraction of sp³-hybridized carbons (Fsp3) is 0.500. The van der Waals surface area contributed by atoms with Gasteiger partial charge in [0.1, 0.15) is 5.82 Å². The lowest BCUT2D eigenvalue weighted by atomic mass is 10.1. The van der Waals surface area contributed by atoms with Crippen LogP contribution < -0.4 is 4.90 Å². The number of hydrogen-bond acceptors (Lipinski definition) is 3. The molecule has 2 aromatic rings. The molecule has 4 heteroatoms. The van der Waals surface area contributed by atoms with Crippen LogP contribution in [-0.4, -0.2) is 23.1 Å². The number of benzene rings is 1. The molecule has 0 N–H and O–H groups in total. The number of aromatic nitrogens is 2. The van der Waals surface area contributed by atoms with Crippen LogP contribution >= 0.6 is 11.6 Å². The van der Waals surface area contributed by atoms with Crippen molar-refractivity contribution in [2.75, 3.05) is 18.0 Å². The van der Waals surface area contributed by atoms with E-state index in [9.17, 15) is 0 Å². The molecule has 3 nitrogen and oxygen atoms in total. The van der Waals surface area contributed by atoms with Crippen LogP contribution in [0.3, 0.4) is 0 Å². The van der Waals surface area contributed by atoms with Crippen molar-refractivity contribution in [2.24, 2.45) is 11.8 Å². The van der Waals surface area contributed by atoms with Crippen molar-refractivity contribution < 1.29 is 0 Å². The van der Waals surface area contributed by atoms with E-state index in [1.165, 1.54) is 0 Å². The summed E-state index contributed by atoms with van der Waals surface area (Å²) in [6.45, 7) is 10.8. The molecular formula is C16H22ClN3. The molecule has 2 rings (SSSR count). The minimum atomic E-state index is 0.316. The molecule has 20 heavy (non-hydrogen) atoms. The Morgan fingerprint density at radius 2 is 1.60 bits per heavy atom. The van der Waals surface area contributed by atoms with Gasteiger partial charge in [0.25, 0.3) is 0 Å². The molecule has 0 radical (unpaired) electrons. The highest BCUT2D eigenvalue weighted by Crippen LogP contribution is 2.26. The second-order valence-corrected chi connectivity index (χ2v) is 6.36. The summed E-state index contributed by atoms with van der Waals surface area (Å²) in [4.78, 5) is 11.1. The predicted molar refractivity (Wildman–Crippen MR) is 86.4 cm³/mol. The van der Waals surface area contributed by atoms with Gasteiger partial charge in [0.15, 0.2) is 0 Å². The van der Waals surface area contributed by atoms with E-state index in [-0.39, 0.29) is 0 Å². The van der Waals surface area contributed by atoms with Gasteiger partial charge in [0.2, 0.25) is 5.28 Å². The lowest BCUT2D eigenvalue weighted by Gasteiger charge is -2.28. The molecule has 0 spiro atoms. The molecule has 0 fully saturated rings. The van der Waals surface area contributed by atoms with Crippen molar-refractivity contribution in [2.45, 2.75) is 27.7 Å². The lowest BCUT2D eigenvalue weighted by molar-refractivity contribution is 0.550. The molecule has 0 aliphatic heterocycles. The van der Waals surface area contributed by atoms with Gasteiger partial charge in [-0.15, -0.1) is 0 Å². The van der Waals surface area contributed by atoms with E-state index in [4.69, 9.17) is 11.6 Å². The molecule has 0 unspecified atom stereocenters. The highest BCUT2D eigenvalue weighted by atomic mass is 35.5. The normalized spacial score (nSPS) is 11.6. The van der Waals surface area contributed by atoms with Crippen LogP contribution in [-0.2, 0) is 0 Å². The molecule has 0 aliphatic rings. The summed E-state index contributed by atoms with van der Waals surface area (Å²) in [5.41, 5.74) is 0.903. The minimum Gasteiger partial charge on any atom is -0.355 e. The standard InChI is InChI=1S/C16H22ClN3/c1-11(2)9-20(10-12(3)4)15-13-7-5-6-8-14(13)18-16(17)19-15/h5-8,11-12H,9-10H2,1-4H3. The zero-order valence-corrected chi connectivity index (χ0v) is 13.4. The van der Waals surface area contributed by atoms with Crippen LogP contribution in [0, 0.1) is 11.8 Å². The van der Waals surface area contributed by atoms with Gasteiger partial charge >= 0.3 is 0 Å². The topological polar surface area (TPSA) is 29.0 Å². The quantitative estimate of drug-likeness (QED) is 0.765. The summed E-state index contributed by atoms with van der Waals surface area (Å²) in [6, 6.07) is 8.04. The monoisotopic (exact) mass is 291 g/mol. The fourth-order valence-corrected chi connectivity index (χ4v) is 2.57. The Morgan fingerprint density at radius 3 is 2.20 bits per heavy atom. The maximum absolute atomic E-state index is 6.09. The maximum atomic E-state index is 6.09. The first-order valence-electron chi connectivity index (χ1n) is 7.14. The summed E-state index contributed by atoms with van der Waals surface area (Å²) >= 11 is 6.09. The molecule has 0 saturated carbocycles. The molecular weight excluding hydrogens is 270 g/mol. The third-order valence-electron chi connectivity index (χ3n) is 3.03. The molecule has 108 valence electrons. The highest BCUT2D eigenvalue weighted by Gasteiger charge is 2.16. The van der Waals surface area contributed by atoms with E-state index in [1.54, 1.807) is 0 Å². The lowest BCUT2D eigenvalue weighted by Crippen LogP contribution is -2.32. The van der Waals surface area contributed by atoms with E-state index in [0.29, 0.717) is 17.1 Å². The average Bonchev–Trinajstić information content (AvgIpc) is 2.35. The Balaban J connectivity index is 2.51. The zero-order valence-electron chi connectivity index (χ0n) is 12.6. The van der Waals surface area contributed by atoms with Gasteiger partial charge in [-0.05, 0) is 35.6 Å². The maximum Gasteiger partial charge on any atom is 0.224 e. The second kappa shape index (κ2) is 6.40. The highest BCUT2D eigenvalue weighted by molar-refractivity contribution is 6.28. The van der Waals surface area contributed by atoms with Crippen molar-refractivity contribution in [1.82, 2.24) is 9.97 Å². The summed E-state index contributed by atoms with van der Waals surface area (Å²) in [5.74, 6) is 2.09. The first kappa shape index (κ1) is 15.0. The molecule has 0 amide bonds. The van der Waals surface area contributed by atoms with Gasteiger partial charge in [0.05, 0.1) is 5.52 Å². The Morgan fingerprint density at radius 1 is 1.00 bits per heavy atom. The summed E-state index contributed by atoms with van der Waals surface area (Å²) in [5, 5.41) is 1.38. The van der Waals surface area contributed by atoms with Gasteiger partial charge in [-0.1, -0.05) is 39.8 Å². The Bertz CT molecular complexity index is 571. The summed E-state index contributed by atoms with van der Waals surface area (Å²) < 4.78 is 0. The van der Waals surface area contributed by atoms with Gasteiger partial charge in [0, 0.05) is 18.5 Å². The third-order valence-corrected chi connectivity index (χ3v) is 3.20. The van der Waals surface area contributed by atoms with E-state index in [1.807, 2.05) is 18.2 Å². The molecule has 0 aliphatic carbocycles. The number of para-hydroxylation sites is 1. The average molecular weight is 292 g/mol. The number of rotatable bonds is 5. The SMILES string of the molecule is CC(C)CN(CC(C)C)c1nc(Cl)nc2ccccc12. The van der Waals surface area contributed by atoms with Crippen molar-refractivity contribution in [3.63, 3.8) is 0 Å². The van der Waals surface area contributed by atoms with Crippen LogP contribution in [0.1, 0.15) is 27.7 Å². The summed E-state index contributed by atoms with van der Waals surface area (Å²) in [7, 11) is 0. The Labute approximate surface area is 126 Å².